The summed E-state index contributed by atoms with van der Waals surface area (Å²) in [5.41, 5.74) is 0.569. The lowest BCUT2D eigenvalue weighted by molar-refractivity contribution is 0.129. The molecular weight excluding hydrogens is 476 g/mol. The van der Waals surface area contributed by atoms with Crippen LogP contribution in [0.2, 0.25) is 4.34 Å². The van der Waals surface area contributed by atoms with Crippen molar-refractivity contribution in [2.75, 3.05) is 25.4 Å². The topological polar surface area (TPSA) is 105 Å². The predicted octanol–water partition coefficient (Wildman–Crippen LogP) is 3.49. The van der Waals surface area contributed by atoms with Crippen molar-refractivity contribution >= 4 is 39.1 Å². The van der Waals surface area contributed by atoms with Crippen molar-refractivity contribution in [2.24, 2.45) is 0 Å². The maximum atomic E-state index is 13.2. The number of hydrogen-bond donors (Lipinski definition) is 1. The summed E-state index contributed by atoms with van der Waals surface area (Å²) in [4.78, 5) is 14.3. The molecule has 0 atom stereocenters. The third kappa shape index (κ3) is 6.92. The van der Waals surface area contributed by atoms with Crippen LogP contribution in [0.15, 0.2) is 22.7 Å². The van der Waals surface area contributed by atoms with Gasteiger partial charge >= 0.3 is 6.09 Å². The van der Waals surface area contributed by atoms with Gasteiger partial charge in [0.05, 0.1) is 22.3 Å². The first-order valence-electron chi connectivity index (χ1n) is 10.5. The van der Waals surface area contributed by atoms with Crippen LogP contribution in [-0.2, 0) is 16.6 Å². The van der Waals surface area contributed by atoms with E-state index in [0.29, 0.717) is 26.9 Å². The van der Waals surface area contributed by atoms with E-state index in [-0.39, 0.29) is 24.9 Å². The standard InChI is InChI=1S/C20H29ClN4O5S2/c1-14(2)24-9-6-17(7-10-24)25(13-16-12-15(3)30-23-16)32(27,28)11-8-22-20(26)29-19-5-4-18(21)31-19/h4-5,12,14,17H,6-11,13H2,1-3H3,(H,22,26). The summed E-state index contributed by atoms with van der Waals surface area (Å²) in [6, 6.07) is 5.23. The number of aromatic nitrogens is 1. The number of halogens is 1. The van der Waals surface area contributed by atoms with Crippen LogP contribution in [0.5, 0.6) is 5.06 Å². The number of rotatable bonds is 9. The molecule has 0 unspecified atom stereocenters. The van der Waals surface area contributed by atoms with Crippen LogP contribution in [0.25, 0.3) is 0 Å². The smallest absolute Gasteiger partial charge is 0.399 e. The van der Waals surface area contributed by atoms with E-state index in [0.717, 1.165) is 37.3 Å². The number of aryl methyl sites for hydroxylation is 1. The Bertz CT molecular complexity index is 999. The summed E-state index contributed by atoms with van der Waals surface area (Å²) < 4.78 is 38.7. The van der Waals surface area contributed by atoms with Gasteiger partial charge in [-0.15, -0.1) is 0 Å². The zero-order valence-corrected chi connectivity index (χ0v) is 20.8. The Morgan fingerprint density at radius 2 is 2.12 bits per heavy atom. The molecule has 0 saturated carbocycles. The van der Waals surface area contributed by atoms with Crippen molar-refractivity contribution in [1.82, 2.24) is 19.7 Å². The van der Waals surface area contributed by atoms with Gasteiger partial charge in [-0.2, -0.15) is 4.31 Å². The fourth-order valence-corrected chi connectivity index (χ4v) is 6.14. The molecule has 9 nitrogen and oxygen atoms in total. The van der Waals surface area contributed by atoms with Crippen molar-refractivity contribution in [3.8, 4) is 5.06 Å². The second kappa shape index (κ2) is 11.0. The normalized spacial score (nSPS) is 16.1. The second-order valence-corrected chi connectivity index (χ2v) is 11.7. The molecule has 1 aliphatic rings. The lowest BCUT2D eigenvalue weighted by Crippen LogP contribution is -2.49. The Morgan fingerprint density at radius 3 is 2.69 bits per heavy atom. The van der Waals surface area contributed by atoms with E-state index < -0.39 is 16.1 Å². The quantitative estimate of drug-likeness (QED) is 0.557. The number of carbonyl (C=O) groups excluding carboxylic acids is 1. The number of ether oxygens (including phenoxy) is 1. The van der Waals surface area contributed by atoms with E-state index in [2.05, 4.69) is 29.2 Å². The Kier molecular flexibility index (Phi) is 8.56. The molecule has 178 valence electrons. The molecule has 1 aliphatic heterocycles. The number of nitrogens with one attached hydrogen (secondary N) is 1. The average molecular weight is 505 g/mol. The van der Waals surface area contributed by atoms with E-state index in [1.807, 2.05) is 0 Å². The van der Waals surface area contributed by atoms with Crippen LogP contribution in [0.3, 0.4) is 0 Å². The predicted molar refractivity (Wildman–Crippen MR) is 124 cm³/mol. The average Bonchev–Trinajstić information content (AvgIpc) is 3.33. The Morgan fingerprint density at radius 1 is 1.41 bits per heavy atom. The van der Waals surface area contributed by atoms with Crippen LogP contribution < -0.4 is 10.1 Å². The SMILES string of the molecule is Cc1cc(CN(C2CCN(C(C)C)CC2)S(=O)(=O)CCNC(=O)Oc2ccc(Cl)s2)no1. The first-order valence-corrected chi connectivity index (χ1v) is 13.3. The first-order chi connectivity index (χ1) is 15.1. The fourth-order valence-electron chi connectivity index (χ4n) is 3.68. The minimum atomic E-state index is -3.67. The summed E-state index contributed by atoms with van der Waals surface area (Å²) in [7, 11) is -3.67. The fraction of sp³-hybridized carbons (Fsp3) is 0.600. The molecule has 1 fully saturated rings. The summed E-state index contributed by atoms with van der Waals surface area (Å²) in [5.74, 6) is 0.388. The molecule has 3 heterocycles. The first kappa shape index (κ1) is 25.0. The van der Waals surface area contributed by atoms with Crippen LogP contribution in [0, 0.1) is 6.92 Å². The van der Waals surface area contributed by atoms with Gasteiger partial charge in [-0.3, -0.25) is 0 Å². The summed E-state index contributed by atoms with van der Waals surface area (Å²) in [5, 5.41) is 6.81. The monoisotopic (exact) mass is 504 g/mol. The van der Waals surface area contributed by atoms with E-state index >= 15 is 0 Å². The lowest BCUT2D eigenvalue weighted by atomic mass is 10.0. The third-order valence-electron chi connectivity index (χ3n) is 5.36. The molecule has 1 N–H and O–H groups in total. The summed E-state index contributed by atoms with van der Waals surface area (Å²) in [6.07, 6.45) is 0.758. The van der Waals surface area contributed by atoms with Gasteiger partial charge in [0, 0.05) is 24.7 Å². The Hall–Kier alpha value is -1.66. The summed E-state index contributed by atoms with van der Waals surface area (Å²) >= 11 is 6.94. The van der Waals surface area contributed by atoms with E-state index in [1.165, 1.54) is 4.31 Å². The molecule has 0 radical (unpaired) electrons. The minimum absolute atomic E-state index is 0.0700. The molecule has 0 bridgehead atoms. The molecular formula is C20H29ClN4O5S2. The van der Waals surface area contributed by atoms with Gasteiger partial charge in [-0.05, 0) is 58.8 Å². The number of hydrogen-bond acceptors (Lipinski definition) is 8. The highest BCUT2D eigenvalue weighted by atomic mass is 35.5. The van der Waals surface area contributed by atoms with Crippen molar-refractivity contribution in [2.45, 2.75) is 52.2 Å². The van der Waals surface area contributed by atoms with Crippen molar-refractivity contribution in [3.63, 3.8) is 0 Å². The highest BCUT2D eigenvalue weighted by Crippen LogP contribution is 2.28. The van der Waals surface area contributed by atoms with Crippen LogP contribution in [0.4, 0.5) is 4.79 Å². The third-order valence-corrected chi connectivity index (χ3v) is 8.33. The van der Waals surface area contributed by atoms with Crippen LogP contribution >= 0.6 is 22.9 Å². The van der Waals surface area contributed by atoms with Crippen LogP contribution in [0.1, 0.15) is 38.1 Å². The maximum absolute atomic E-state index is 13.2. The summed E-state index contributed by atoms with van der Waals surface area (Å²) in [6.45, 7) is 7.79. The van der Waals surface area contributed by atoms with E-state index in [1.54, 1.807) is 25.1 Å². The van der Waals surface area contributed by atoms with E-state index in [4.69, 9.17) is 20.9 Å². The molecule has 3 rings (SSSR count). The van der Waals surface area contributed by atoms with Gasteiger partial charge in [0.15, 0.2) is 5.06 Å². The molecule has 1 saturated heterocycles. The molecule has 12 heteroatoms. The molecule has 2 aromatic heterocycles. The molecule has 2 aromatic rings. The van der Waals surface area contributed by atoms with Gasteiger partial charge in [0.1, 0.15) is 5.76 Å². The molecule has 0 aromatic carbocycles. The number of likely N-dealkylation sites (tertiary alicyclic amines) is 1. The number of sulfonamides is 1. The zero-order valence-electron chi connectivity index (χ0n) is 18.4. The number of piperidine rings is 1. The highest BCUT2D eigenvalue weighted by Gasteiger charge is 2.33. The Balaban J connectivity index is 1.62. The molecule has 0 aliphatic carbocycles. The van der Waals surface area contributed by atoms with Crippen molar-refractivity contribution < 1.29 is 22.5 Å². The number of carbonyl (C=O) groups is 1. The van der Waals surface area contributed by atoms with Crippen LogP contribution in [-0.4, -0.2) is 66.3 Å². The largest absolute Gasteiger partial charge is 0.413 e. The molecule has 32 heavy (non-hydrogen) atoms. The van der Waals surface area contributed by atoms with Crippen molar-refractivity contribution in [1.29, 1.82) is 0 Å². The molecule has 1 amide bonds. The van der Waals surface area contributed by atoms with Gasteiger partial charge in [0.25, 0.3) is 0 Å². The van der Waals surface area contributed by atoms with Gasteiger partial charge in [-0.1, -0.05) is 28.1 Å². The van der Waals surface area contributed by atoms with Crippen molar-refractivity contribution in [3.05, 3.63) is 34.0 Å². The van der Waals surface area contributed by atoms with E-state index in [9.17, 15) is 13.2 Å². The van der Waals surface area contributed by atoms with Gasteiger partial charge in [-0.25, -0.2) is 13.2 Å². The van der Waals surface area contributed by atoms with Gasteiger partial charge < -0.3 is 19.5 Å². The minimum Gasteiger partial charge on any atom is -0.399 e. The highest BCUT2D eigenvalue weighted by molar-refractivity contribution is 7.89. The van der Waals surface area contributed by atoms with Gasteiger partial charge in [0.2, 0.25) is 10.0 Å². The lowest BCUT2D eigenvalue weighted by Gasteiger charge is -2.39. The Labute approximate surface area is 197 Å². The number of amides is 1. The maximum Gasteiger partial charge on any atom is 0.413 e. The second-order valence-electron chi connectivity index (χ2n) is 8.03. The number of thiophene rings is 1. The molecule has 0 spiro atoms. The number of nitrogens with zero attached hydrogens (tertiary/aromatic N) is 3. The zero-order chi connectivity index (χ0) is 23.3.